The van der Waals surface area contributed by atoms with Gasteiger partial charge in [0, 0.05) is 0 Å². The van der Waals surface area contributed by atoms with Gasteiger partial charge in [-0.15, -0.1) is 0 Å². The largest absolute Gasteiger partial charge is 0.479 e. The standard InChI is InChI=1S/C14H11F2NO/c15-10-6-4-9(5-7-10)13-8-17-12-3-1-2-11(16)14(12)18-13/h1-7,13,17H,8H2. The predicted molar refractivity (Wildman–Crippen MR) is 64.7 cm³/mol. The third kappa shape index (κ3) is 1.90. The first-order chi connectivity index (χ1) is 8.74. The molecule has 0 aliphatic carbocycles. The summed E-state index contributed by atoms with van der Waals surface area (Å²) in [7, 11) is 0. The molecule has 92 valence electrons. The zero-order chi connectivity index (χ0) is 12.5. The molecule has 4 heteroatoms. The van der Waals surface area contributed by atoms with E-state index >= 15 is 0 Å². The van der Waals surface area contributed by atoms with Gasteiger partial charge in [-0.2, -0.15) is 0 Å². The molecule has 0 saturated heterocycles. The Bertz CT molecular complexity index is 569. The average molecular weight is 247 g/mol. The fraction of sp³-hybridized carbons (Fsp3) is 0.143. The zero-order valence-electron chi connectivity index (χ0n) is 9.49. The average Bonchev–Trinajstić information content (AvgIpc) is 2.40. The highest BCUT2D eigenvalue weighted by Crippen LogP contribution is 2.36. The fourth-order valence-electron chi connectivity index (χ4n) is 2.02. The summed E-state index contributed by atoms with van der Waals surface area (Å²) in [5.74, 6) is -0.473. The second-order valence-electron chi connectivity index (χ2n) is 4.16. The third-order valence-corrected chi connectivity index (χ3v) is 2.95. The van der Waals surface area contributed by atoms with Crippen molar-refractivity contribution >= 4 is 5.69 Å². The van der Waals surface area contributed by atoms with Crippen molar-refractivity contribution in [2.45, 2.75) is 6.10 Å². The summed E-state index contributed by atoms with van der Waals surface area (Å²) in [5, 5.41) is 3.11. The molecule has 1 aliphatic heterocycles. The monoisotopic (exact) mass is 247 g/mol. The van der Waals surface area contributed by atoms with E-state index in [0.717, 1.165) is 5.56 Å². The van der Waals surface area contributed by atoms with Crippen LogP contribution in [0, 0.1) is 11.6 Å². The van der Waals surface area contributed by atoms with Crippen LogP contribution in [0.5, 0.6) is 5.75 Å². The van der Waals surface area contributed by atoms with Gasteiger partial charge < -0.3 is 10.1 Å². The molecule has 0 fully saturated rings. The first kappa shape index (κ1) is 11.0. The Labute approximate surface area is 103 Å². The van der Waals surface area contributed by atoms with E-state index in [2.05, 4.69) is 5.32 Å². The van der Waals surface area contributed by atoms with Crippen molar-refractivity contribution in [3.05, 3.63) is 59.7 Å². The lowest BCUT2D eigenvalue weighted by Crippen LogP contribution is -2.24. The van der Waals surface area contributed by atoms with Crippen LogP contribution in [-0.4, -0.2) is 6.54 Å². The van der Waals surface area contributed by atoms with E-state index in [1.165, 1.54) is 18.2 Å². The lowest BCUT2D eigenvalue weighted by molar-refractivity contribution is 0.200. The lowest BCUT2D eigenvalue weighted by atomic mass is 10.1. The van der Waals surface area contributed by atoms with Crippen LogP contribution >= 0.6 is 0 Å². The van der Waals surface area contributed by atoms with E-state index < -0.39 is 5.82 Å². The summed E-state index contributed by atoms with van der Waals surface area (Å²) in [6.07, 6.45) is -0.310. The van der Waals surface area contributed by atoms with Crippen LogP contribution in [0.15, 0.2) is 42.5 Å². The number of rotatable bonds is 1. The Kier molecular flexibility index (Phi) is 2.63. The minimum Gasteiger partial charge on any atom is -0.479 e. The van der Waals surface area contributed by atoms with Gasteiger partial charge in [0.1, 0.15) is 11.9 Å². The SMILES string of the molecule is Fc1ccc(C2CNc3cccc(F)c3O2)cc1. The van der Waals surface area contributed by atoms with Gasteiger partial charge >= 0.3 is 0 Å². The van der Waals surface area contributed by atoms with Crippen molar-refractivity contribution in [1.82, 2.24) is 0 Å². The number of hydrogen-bond acceptors (Lipinski definition) is 2. The van der Waals surface area contributed by atoms with Crippen molar-refractivity contribution in [1.29, 1.82) is 0 Å². The van der Waals surface area contributed by atoms with Crippen molar-refractivity contribution in [3.8, 4) is 5.75 Å². The quantitative estimate of drug-likeness (QED) is 0.832. The van der Waals surface area contributed by atoms with Crippen molar-refractivity contribution < 1.29 is 13.5 Å². The first-order valence-corrected chi connectivity index (χ1v) is 5.68. The molecule has 0 amide bonds. The second kappa shape index (κ2) is 4.29. The number of benzene rings is 2. The second-order valence-corrected chi connectivity index (χ2v) is 4.16. The van der Waals surface area contributed by atoms with Crippen LogP contribution in [0.1, 0.15) is 11.7 Å². The van der Waals surface area contributed by atoms with Gasteiger partial charge in [-0.25, -0.2) is 8.78 Å². The molecule has 0 saturated carbocycles. The van der Waals surface area contributed by atoms with Crippen molar-refractivity contribution in [2.75, 3.05) is 11.9 Å². The molecular formula is C14H11F2NO. The minimum atomic E-state index is -0.396. The number of para-hydroxylation sites is 1. The van der Waals surface area contributed by atoms with Crippen LogP contribution in [0.3, 0.4) is 0 Å². The van der Waals surface area contributed by atoms with Gasteiger partial charge in [0.2, 0.25) is 0 Å². The fourth-order valence-corrected chi connectivity index (χ4v) is 2.02. The molecule has 0 bridgehead atoms. The number of halogens is 2. The highest BCUT2D eigenvalue weighted by Gasteiger charge is 2.23. The van der Waals surface area contributed by atoms with Crippen LogP contribution in [0.25, 0.3) is 0 Å². The Morgan fingerprint density at radius 1 is 1.06 bits per heavy atom. The number of nitrogens with one attached hydrogen (secondary N) is 1. The summed E-state index contributed by atoms with van der Waals surface area (Å²) in [5.41, 5.74) is 1.46. The summed E-state index contributed by atoms with van der Waals surface area (Å²) in [4.78, 5) is 0. The molecule has 3 rings (SSSR count). The molecule has 1 N–H and O–H groups in total. The van der Waals surface area contributed by atoms with Crippen molar-refractivity contribution in [2.24, 2.45) is 0 Å². The van der Waals surface area contributed by atoms with Gasteiger partial charge in [-0.05, 0) is 29.8 Å². The Morgan fingerprint density at radius 2 is 1.83 bits per heavy atom. The van der Waals surface area contributed by atoms with E-state index in [1.54, 1.807) is 24.3 Å². The lowest BCUT2D eigenvalue weighted by Gasteiger charge is -2.27. The highest BCUT2D eigenvalue weighted by molar-refractivity contribution is 5.58. The molecular weight excluding hydrogens is 236 g/mol. The normalized spacial score (nSPS) is 17.6. The number of ether oxygens (including phenoxy) is 1. The molecule has 1 aliphatic rings. The van der Waals surface area contributed by atoms with E-state index in [-0.39, 0.29) is 17.7 Å². The van der Waals surface area contributed by atoms with Gasteiger partial charge in [-0.1, -0.05) is 18.2 Å². The molecule has 1 atom stereocenters. The molecule has 2 aromatic carbocycles. The maximum Gasteiger partial charge on any atom is 0.179 e. The summed E-state index contributed by atoms with van der Waals surface area (Å²) in [6.45, 7) is 0.530. The van der Waals surface area contributed by atoms with Gasteiger partial charge in [-0.3, -0.25) is 0 Å². The van der Waals surface area contributed by atoms with E-state index in [4.69, 9.17) is 4.74 Å². The van der Waals surface area contributed by atoms with Gasteiger partial charge in [0.15, 0.2) is 11.6 Å². The zero-order valence-corrected chi connectivity index (χ0v) is 9.49. The molecule has 18 heavy (non-hydrogen) atoms. The van der Waals surface area contributed by atoms with Crippen LogP contribution in [-0.2, 0) is 0 Å². The highest BCUT2D eigenvalue weighted by atomic mass is 19.1. The minimum absolute atomic E-state index is 0.220. The predicted octanol–water partition coefficient (Wildman–Crippen LogP) is 3.51. The van der Waals surface area contributed by atoms with Gasteiger partial charge in [0.05, 0.1) is 12.2 Å². The molecule has 0 aromatic heterocycles. The number of fused-ring (bicyclic) bond motifs is 1. The summed E-state index contributed by atoms with van der Waals surface area (Å²) in [6, 6.07) is 10.8. The van der Waals surface area contributed by atoms with E-state index in [9.17, 15) is 8.78 Å². The topological polar surface area (TPSA) is 21.3 Å². The third-order valence-electron chi connectivity index (χ3n) is 2.95. The maximum atomic E-state index is 13.6. The van der Waals surface area contributed by atoms with E-state index in [0.29, 0.717) is 12.2 Å². The maximum absolute atomic E-state index is 13.6. The van der Waals surface area contributed by atoms with Crippen LogP contribution in [0.2, 0.25) is 0 Å². The molecule has 1 heterocycles. The molecule has 2 nitrogen and oxygen atoms in total. The molecule has 2 aromatic rings. The van der Waals surface area contributed by atoms with Crippen LogP contribution in [0.4, 0.5) is 14.5 Å². The first-order valence-electron chi connectivity index (χ1n) is 5.68. The number of anilines is 1. The number of hydrogen-bond donors (Lipinski definition) is 1. The smallest absolute Gasteiger partial charge is 0.179 e. The Morgan fingerprint density at radius 3 is 2.61 bits per heavy atom. The molecule has 1 unspecified atom stereocenters. The Balaban J connectivity index is 1.90. The van der Waals surface area contributed by atoms with E-state index in [1.807, 2.05) is 0 Å². The summed E-state index contributed by atoms with van der Waals surface area (Å²) >= 11 is 0. The summed E-state index contributed by atoms with van der Waals surface area (Å²) < 4.78 is 32.1. The van der Waals surface area contributed by atoms with Crippen LogP contribution < -0.4 is 10.1 Å². The molecule has 0 spiro atoms. The Hall–Kier alpha value is -2.10. The van der Waals surface area contributed by atoms with Gasteiger partial charge in [0.25, 0.3) is 0 Å². The molecule has 0 radical (unpaired) electrons. The van der Waals surface area contributed by atoms with Crippen molar-refractivity contribution in [3.63, 3.8) is 0 Å².